The summed E-state index contributed by atoms with van der Waals surface area (Å²) in [6.07, 6.45) is 3.27. The van der Waals surface area contributed by atoms with E-state index < -0.39 is 0 Å². The Bertz CT molecular complexity index is 1230. The van der Waals surface area contributed by atoms with Crippen LogP contribution in [0.3, 0.4) is 0 Å². The third kappa shape index (κ3) is 6.15. The van der Waals surface area contributed by atoms with Crippen molar-refractivity contribution in [2.45, 2.75) is 0 Å². The summed E-state index contributed by atoms with van der Waals surface area (Å²) in [7, 11) is 0. The first-order valence-corrected chi connectivity index (χ1v) is 11.1. The number of nitrogens with zero attached hydrogens (tertiary/aromatic N) is 2. The zero-order chi connectivity index (χ0) is 22.9. The molecule has 7 heteroatoms. The van der Waals surface area contributed by atoms with Crippen LogP contribution in [0.1, 0.15) is 15.9 Å². The zero-order valence-corrected chi connectivity index (χ0v) is 18.6. The third-order valence-electron chi connectivity index (χ3n) is 4.60. The summed E-state index contributed by atoms with van der Waals surface area (Å²) in [5.41, 5.74) is 6.69. The van der Waals surface area contributed by atoms with Gasteiger partial charge >= 0.3 is 0 Å². The maximum atomic E-state index is 12.4. The molecule has 2 N–H and O–H groups in total. The summed E-state index contributed by atoms with van der Waals surface area (Å²) in [4.78, 5) is 17.0. The molecule has 6 nitrogen and oxygen atoms in total. The molecule has 33 heavy (non-hydrogen) atoms. The summed E-state index contributed by atoms with van der Waals surface area (Å²) in [5, 5.41) is 10.1. The number of benzene rings is 3. The summed E-state index contributed by atoms with van der Waals surface area (Å²) < 4.78 is 5.44. The quantitative estimate of drug-likeness (QED) is 0.188. The fourth-order valence-electron chi connectivity index (χ4n) is 2.94. The third-order valence-corrected chi connectivity index (χ3v) is 5.36. The van der Waals surface area contributed by atoms with E-state index in [4.69, 9.17) is 4.74 Å². The molecular formula is C26H22N4O2S. The van der Waals surface area contributed by atoms with E-state index in [1.165, 1.54) is 11.3 Å². The number of carbonyl (C=O) groups excluding carboxylic acids is 1. The molecule has 4 aromatic rings. The topological polar surface area (TPSA) is 75.6 Å². The van der Waals surface area contributed by atoms with E-state index >= 15 is 0 Å². The fraction of sp³-hybridized carbons (Fsp3) is 0.0385. The maximum Gasteiger partial charge on any atom is 0.271 e. The Labute approximate surface area is 196 Å². The van der Waals surface area contributed by atoms with E-state index in [1.54, 1.807) is 24.4 Å². The van der Waals surface area contributed by atoms with Gasteiger partial charge in [0.25, 0.3) is 5.91 Å². The zero-order valence-electron chi connectivity index (χ0n) is 17.8. The van der Waals surface area contributed by atoms with Gasteiger partial charge in [0.1, 0.15) is 12.4 Å². The number of thiazole rings is 1. The van der Waals surface area contributed by atoms with E-state index in [2.05, 4.69) is 27.4 Å². The van der Waals surface area contributed by atoms with Gasteiger partial charge in [-0.1, -0.05) is 43.0 Å². The molecule has 0 fully saturated rings. The minimum absolute atomic E-state index is 0.284. The number of rotatable bonds is 9. The van der Waals surface area contributed by atoms with Gasteiger partial charge in [0.15, 0.2) is 5.13 Å². The second kappa shape index (κ2) is 10.9. The molecule has 0 bridgehead atoms. The fourth-order valence-corrected chi connectivity index (χ4v) is 3.68. The van der Waals surface area contributed by atoms with Gasteiger partial charge in [-0.25, -0.2) is 10.4 Å². The normalized spacial score (nSPS) is 10.7. The summed E-state index contributed by atoms with van der Waals surface area (Å²) >= 11 is 1.53. The number of carbonyl (C=O) groups is 1. The average Bonchev–Trinajstić information content (AvgIpc) is 3.32. The minimum Gasteiger partial charge on any atom is -0.490 e. The summed E-state index contributed by atoms with van der Waals surface area (Å²) in [5.74, 6) is 0.465. The highest BCUT2D eigenvalue weighted by atomic mass is 32.1. The Morgan fingerprint density at radius 2 is 1.79 bits per heavy atom. The first kappa shape index (κ1) is 22.0. The van der Waals surface area contributed by atoms with Crippen LogP contribution >= 0.6 is 11.3 Å². The Morgan fingerprint density at radius 3 is 2.52 bits per heavy atom. The summed E-state index contributed by atoms with van der Waals surface area (Å²) in [6.45, 7) is 4.07. The molecule has 0 spiro atoms. The van der Waals surface area contributed by atoms with Gasteiger partial charge in [-0.05, 0) is 54.1 Å². The van der Waals surface area contributed by atoms with Crippen LogP contribution in [0.5, 0.6) is 5.75 Å². The molecule has 0 saturated heterocycles. The van der Waals surface area contributed by atoms with Crippen molar-refractivity contribution >= 4 is 34.3 Å². The molecule has 0 radical (unpaired) electrons. The number of hydrogen-bond donors (Lipinski definition) is 2. The van der Waals surface area contributed by atoms with Gasteiger partial charge in [-0.3, -0.25) is 4.79 Å². The van der Waals surface area contributed by atoms with Crippen molar-refractivity contribution in [2.24, 2.45) is 5.10 Å². The highest BCUT2D eigenvalue weighted by molar-refractivity contribution is 7.14. The van der Waals surface area contributed by atoms with Crippen molar-refractivity contribution in [3.05, 3.63) is 108 Å². The molecule has 0 saturated carbocycles. The van der Waals surface area contributed by atoms with E-state index in [0.717, 1.165) is 33.4 Å². The highest BCUT2D eigenvalue weighted by Crippen LogP contribution is 2.27. The molecular weight excluding hydrogens is 432 g/mol. The lowest BCUT2D eigenvalue weighted by atomic mass is 10.1. The molecule has 3 aromatic carbocycles. The van der Waals surface area contributed by atoms with Crippen LogP contribution in [0.25, 0.3) is 11.3 Å². The first-order valence-electron chi connectivity index (χ1n) is 10.3. The van der Waals surface area contributed by atoms with E-state index in [9.17, 15) is 4.79 Å². The van der Waals surface area contributed by atoms with Crippen LogP contribution in [0.4, 0.5) is 10.8 Å². The van der Waals surface area contributed by atoms with Crippen LogP contribution in [0.2, 0.25) is 0 Å². The lowest BCUT2D eigenvalue weighted by Gasteiger charge is -2.03. The van der Waals surface area contributed by atoms with E-state index in [1.807, 2.05) is 72.1 Å². The van der Waals surface area contributed by atoms with Gasteiger partial charge < -0.3 is 10.1 Å². The van der Waals surface area contributed by atoms with Crippen molar-refractivity contribution in [2.75, 3.05) is 11.9 Å². The standard InChI is InChI=1S/C26H22N4O2S/c1-2-16-32-23-14-8-19(9-15-23)17-27-30-25(31)21-12-10-20(11-13-21)24-18-33-26(29-24)28-22-6-4-3-5-7-22/h2-15,17-18H,1,16H2,(H,28,29)(H,30,31)/b27-17-. The molecule has 1 aromatic heterocycles. The first-order chi connectivity index (χ1) is 16.2. The van der Waals surface area contributed by atoms with Gasteiger partial charge in [-0.2, -0.15) is 5.10 Å². The Hall–Kier alpha value is -4.23. The number of amides is 1. The van der Waals surface area contributed by atoms with Gasteiger partial charge in [-0.15, -0.1) is 11.3 Å². The lowest BCUT2D eigenvalue weighted by Crippen LogP contribution is -2.17. The van der Waals surface area contributed by atoms with Crippen molar-refractivity contribution in [1.29, 1.82) is 0 Å². The van der Waals surface area contributed by atoms with Crippen LogP contribution in [0, 0.1) is 0 Å². The summed E-state index contributed by atoms with van der Waals surface area (Å²) in [6, 6.07) is 24.6. The molecule has 1 amide bonds. The van der Waals surface area contributed by atoms with Crippen molar-refractivity contribution in [3.63, 3.8) is 0 Å². The van der Waals surface area contributed by atoms with Crippen molar-refractivity contribution in [3.8, 4) is 17.0 Å². The van der Waals surface area contributed by atoms with Gasteiger partial charge in [0.05, 0.1) is 11.9 Å². The number of aromatic nitrogens is 1. The second-order valence-electron chi connectivity index (χ2n) is 6.97. The lowest BCUT2D eigenvalue weighted by molar-refractivity contribution is 0.0955. The van der Waals surface area contributed by atoms with Crippen LogP contribution in [0.15, 0.2) is 102 Å². The molecule has 0 unspecified atom stereocenters. The molecule has 0 aliphatic heterocycles. The van der Waals surface area contributed by atoms with Crippen LogP contribution in [-0.4, -0.2) is 23.7 Å². The molecule has 4 rings (SSSR count). The van der Waals surface area contributed by atoms with Crippen molar-refractivity contribution < 1.29 is 9.53 Å². The monoisotopic (exact) mass is 454 g/mol. The number of anilines is 2. The number of ether oxygens (including phenoxy) is 1. The molecule has 0 aliphatic carbocycles. The Balaban J connectivity index is 1.33. The van der Waals surface area contributed by atoms with Gasteiger partial charge in [0.2, 0.25) is 0 Å². The molecule has 0 atom stereocenters. The maximum absolute atomic E-state index is 12.4. The number of hydrazone groups is 1. The SMILES string of the molecule is C=CCOc1ccc(/C=N\NC(=O)c2ccc(-c3csc(Nc4ccccc4)n3)cc2)cc1. The molecule has 164 valence electrons. The minimum atomic E-state index is -0.284. The number of nitrogens with one attached hydrogen (secondary N) is 2. The van der Waals surface area contributed by atoms with Gasteiger partial charge in [0, 0.05) is 22.2 Å². The predicted molar refractivity (Wildman–Crippen MR) is 134 cm³/mol. The highest BCUT2D eigenvalue weighted by Gasteiger charge is 2.08. The number of hydrogen-bond acceptors (Lipinski definition) is 6. The smallest absolute Gasteiger partial charge is 0.271 e. The second-order valence-corrected chi connectivity index (χ2v) is 7.83. The molecule has 1 heterocycles. The average molecular weight is 455 g/mol. The van der Waals surface area contributed by atoms with Crippen LogP contribution < -0.4 is 15.5 Å². The predicted octanol–water partition coefficient (Wildman–Crippen LogP) is 5.88. The van der Waals surface area contributed by atoms with E-state index in [-0.39, 0.29) is 5.91 Å². The van der Waals surface area contributed by atoms with E-state index in [0.29, 0.717) is 12.2 Å². The Kier molecular flexibility index (Phi) is 7.25. The van der Waals surface area contributed by atoms with Crippen molar-refractivity contribution in [1.82, 2.24) is 10.4 Å². The number of para-hydroxylation sites is 1. The van der Waals surface area contributed by atoms with Crippen LogP contribution in [-0.2, 0) is 0 Å². The molecule has 0 aliphatic rings. The Morgan fingerprint density at radius 1 is 1.03 bits per heavy atom. The largest absolute Gasteiger partial charge is 0.490 e.